The number of nitrogens with one attached hydrogen (secondary N) is 2. The highest BCUT2D eigenvalue weighted by Gasteiger charge is 2.40. The first-order valence-electron chi connectivity index (χ1n) is 13.2. The Morgan fingerprint density at radius 2 is 1.87 bits per heavy atom. The van der Waals surface area contributed by atoms with Crippen LogP contribution in [0, 0.1) is 19.8 Å². The Hall–Kier alpha value is -3.28. The maximum absolute atomic E-state index is 13.6. The van der Waals surface area contributed by atoms with Gasteiger partial charge in [0.15, 0.2) is 10.8 Å². The molecule has 1 aliphatic rings. The van der Waals surface area contributed by atoms with Gasteiger partial charge in [-0.2, -0.15) is 4.31 Å². The molecule has 10 nitrogen and oxygen atoms in total. The molecular formula is C28H36N4O6S. The largest absolute Gasteiger partial charge is 0.451 e. The molecule has 3 N–H and O–H groups in total. The second-order valence-corrected chi connectivity index (χ2v) is 12.3. The van der Waals surface area contributed by atoms with E-state index in [0.29, 0.717) is 42.5 Å². The molecule has 0 spiro atoms. The number of carbonyl (C=O) groups excluding carboxylic acids is 2. The van der Waals surface area contributed by atoms with Crippen LogP contribution in [0.25, 0.3) is 11.0 Å². The van der Waals surface area contributed by atoms with Crippen molar-refractivity contribution in [3.8, 4) is 0 Å². The summed E-state index contributed by atoms with van der Waals surface area (Å²) < 4.78 is 34.0. The lowest BCUT2D eigenvalue weighted by atomic mass is 10.0. The van der Waals surface area contributed by atoms with E-state index >= 15 is 0 Å². The van der Waals surface area contributed by atoms with Crippen LogP contribution in [0.2, 0.25) is 0 Å². The van der Waals surface area contributed by atoms with Gasteiger partial charge in [0.05, 0.1) is 6.10 Å². The summed E-state index contributed by atoms with van der Waals surface area (Å²) in [6.07, 6.45) is -0.621. The molecule has 1 aliphatic heterocycles. The molecular weight excluding hydrogens is 520 g/mol. The lowest BCUT2D eigenvalue weighted by Gasteiger charge is -2.33. The predicted molar refractivity (Wildman–Crippen MR) is 146 cm³/mol. The van der Waals surface area contributed by atoms with Crippen molar-refractivity contribution >= 4 is 32.8 Å². The van der Waals surface area contributed by atoms with Crippen LogP contribution in [0.4, 0.5) is 0 Å². The third kappa shape index (κ3) is 6.32. The molecule has 2 aromatic heterocycles. The average molecular weight is 557 g/mol. The van der Waals surface area contributed by atoms with Crippen molar-refractivity contribution < 1.29 is 27.5 Å². The summed E-state index contributed by atoms with van der Waals surface area (Å²) in [6, 6.07) is 11.0. The average Bonchev–Trinajstić information content (AvgIpc) is 3.11. The number of para-hydroxylation sites is 1. The SMILES string of the molecule is Cc1cccc(S(=O)(=O)N2CCCC[C@H](O)C2NC(=O)C(CC(C)C)NC(=O)c2oc3ccccc3c2C)n1. The van der Waals surface area contributed by atoms with Crippen molar-refractivity contribution in [3.05, 3.63) is 59.5 Å². The molecule has 39 heavy (non-hydrogen) atoms. The van der Waals surface area contributed by atoms with E-state index in [2.05, 4.69) is 15.6 Å². The van der Waals surface area contributed by atoms with Crippen molar-refractivity contribution in [2.24, 2.45) is 5.92 Å². The Labute approximate surface area is 228 Å². The van der Waals surface area contributed by atoms with Gasteiger partial charge in [-0.05, 0) is 63.6 Å². The molecule has 1 aromatic carbocycles. The van der Waals surface area contributed by atoms with Gasteiger partial charge in [0.1, 0.15) is 17.8 Å². The summed E-state index contributed by atoms with van der Waals surface area (Å²) in [6.45, 7) is 7.42. The molecule has 2 unspecified atom stereocenters. The number of fused-ring (bicyclic) bond motifs is 1. The number of hydrogen-bond acceptors (Lipinski definition) is 7. The molecule has 1 fully saturated rings. The number of aliphatic hydroxyl groups is 1. The number of rotatable bonds is 8. The third-order valence-corrected chi connectivity index (χ3v) is 8.69. The quantitative estimate of drug-likeness (QED) is 0.387. The van der Waals surface area contributed by atoms with Gasteiger partial charge in [-0.1, -0.05) is 38.1 Å². The molecule has 2 amide bonds. The minimum absolute atomic E-state index is 0.0354. The van der Waals surface area contributed by atoms with E-state index in [-0.39, 0.29) is 23.2 Å². The fourth-order valence-corrected chi connectivity index (χ4v) is 6.51. The predicted octanol–water partition coefficient (Wildman–Crippen LogP) is 3.27. The first-order chi connectivity index (χ1) is 18.5. The van der Waals surface area contributed by atoms with Gasteiger partial charge < -0.3 is 20.2 Å². The maximum atomic E-state index is 13.6. The van der Waals surface area contributed by atoms with E-state index in [4.69, 9.17) is 4.42 Å². The number of pyridine rings is 1. The molecule has 3 atom stereocenters. The van der Waals surface area contributed by atoms with Crippen LogP contribution in [-0.4, -0.2) is 59.5 Å². The first-order valence-corrected chi connectivity index (χ1v) is 14.7. The number of aromatic nitrogens is 1. The van der Waals surface area contributed by atoms with Gasteiger partial charge in [0.2, 0.25) is 5.91 Å². The number of sulfonamides is 1. The van der Waals surface area contributed by atoms with E-state index in [9.17, 15) is 23.1 Å². The third-order valence-electron chi connectivity index (χ3n) is 6.91. The van der Waals surface area contributed by atoms with Crippen LogP contribution in [0.15, 0.2) is 51.9 Å². The van der Waals surface area contributed by atoms with Crippen LogP contribution in [0.1, 0.15) is 61.3 Å². The van der Waals surface area contributed by atoms with Gasteiger partial charge in [0, 0.05) is 23.2 Å². The topological polar surface area (TPSA) is 142 Å². The fraction of sp³-hybridized carbons (Fsp3) is 0.464. The maximum Gasteiger partial charge on any atom is 0.287 e. The summed E-state index contributed by atoms with van der Waals surface area (Å²) in [5.41, 5.74) is 1.76. The molecule has 3 aromatic rings. The highest BCUT2D eigenvalue weighted by atomic mass is 32.2. The van der Waals surface area contributed by atoms with Crippen molar-refractivity contribution in [2.45, 2.75) is 76.7 Å². The van der Waals surface area contributed by atoms with Crippen molar-refractivity contribution in [2.75, 3.05) is 6.54 Å². The molecule has 3 heterocycles. The van der Waals surface area contributed by atoms with Crippen molar-refractivity contribution in [3.63, 3.8) is 0 Å². The second kappa shape index (κ2) is 11.8. The monoisotopic (exact) mass is 556 g/mol. The number of aryl methyl sites for hydroxylation is 2. The zero-order chi connectivity index (χ0) is 28.3. The number of aliphatic hydroxyl groups excluding tert-OH is 1. The zero-order valence-electron chi connectivity index (χ0n) is 22.7. The summed E-state index contributed by atoms with van der Waals surface area (Å²) in [7, 11) is -4.13. The highest BCUT2D eigenvalue weighted by molar-refractivity contribution is 7.89. The summed E-state index contributed by atoms with van der Waals surface area (Å²) in [5.74, 6) is -0.983. The van der Waals surface area contributed by atoms with Gasteiger partial charge in [0.25, 0.3) is 15.9 Å². The van der Waals surface area contributed by atoms with Gasteiger partial charge >= 0.3 is 0 Å². The number of furan rings is 1. The summed E-state index contributed by atoms with van der Waals surface area (Å²) >= 11 is 0. The normalized spacial score (nSPS) is 19.5. The Kier molecular flexibility index (Phi) is 8.73. The molecule has 0 saturated carbocycles. The number of nitrogens with zero attached hydrogens (tertiary/aromatic N) is 2. The minimum atomic E-state index is -4.13. The van der Waals surface area contributed by atoms with Crippen LogP contribution < -0.4 is 10.6 Å². The minimum Gasteiger partial charge on any atom is -0.451 e. The summed E-state index contributed by atoms with van der Waals surface area (Å²) in [5, 5.41) is 17.1. The molecule has 11 heteroatoms. The Morgan fingerprint density at radius 3 is 2.56 bits per heavy atom. The molecule has 210 valence electrons. The number of amides is 2. The Bertz CT molecular complexity index is 1450. The summed E-state index contributed by atoms with van der Waals surface area (Å²) in [4.78, 5) is 31.0. The lowest BCUT2D eigenvalue weighted by Crippen LogP contribution is -2.59. The first kappa shape index (κ1) is 28.7. The molecule has 1 saturated heterocycles. The molecule has 0 radical (unpaired) electrons. The smallest absolute Gasteiger partial charge is 0.287 e. The number of benzene rings is 1. The molecule has 0 aliphatic carbocycles. The van der Waals surface area contributed by atoms with E-state index in [1.54, 1.807) is 32.0 Å². The lowest BCUT2D eigenvalue weighted by molar-refractivity contribution is -0.126. The van der Waals surface area contributed by atoms with E-state index in [1.165, 1.54) is 6.07 Å². The zero-order valence-corrected chi connectivity index (χ0v) is 23.5. The second-order valence-electron chi connectivity index (χ2n) is 10.5. The van der Waals surface area contributed by atoms with Crippen LogP contribution in [0.5, 0.6) is 0 Å². The highest BCUT2D eigenvalue weighted by Crippen LogP contribution is 2.26. The van der Waals surface area contributed by atoms with Gasteiger partial charge in [-0.15, -0.1) is 0 Å². The van der Waals surface area contributed by atoms with Gasteiger partial charge in [-0.3, -0.25) is 9.59 Å². The molecule has 4 rings (SSSR count). The van der Waals surface area contributed by atoms with E-state index in [1.807, 2.05) is 32.0 Å². The van der Waals surface area contributed by atoms with E-state index in [0.717, 1.165) is 9.69 Å². The van der Waals surface area contributed by atoms with Crippen molar-refractivity contribution in [1.82, 2.24) is 19.9 Å². The van der Waals surface area contributed by atoms with Crippen LogP contribution in [-0.2, 0) is 14.8 Å². The Balaban J connectivity index is 1.60. The number of carbonyl (C=O) groups is 2. The standard InChI is InChI=1S/C28H36N4O6S/c1-17(2)16-21(30-28(35)25-19(4)20-11-5-6-13-23(20)38-25)27(34)31-26-22(33)12-7-8-15-32(26)39(36,37)24-14-9-10-18(3)29-24/h5-6,9-11,13-14,17,21-22,26,33H,7-8,12,15-16H2,1-4H3,(H,30,35)(H,31,34)/t21?,22-,26?/m0/s1. The van der Waals surface area contributed by atoms with Crippen LogP contribution in [0.3, 0.4) is 0 Å². The number of hydrogen-bond donors (Lipinski definition) is 3. The molecule has 0 bridgehead atoms. The van der Waals surface area contributed by atoms with Crippen molar-refractivity contribution in [1.29, 1.82) is 0 Å². The van der Waals surface area contributed by atoms with Gasteiger partial charge in [-0.25, -0.2) is 13.4 Å². The fourth-order valence-electron chi connectivity index (χ4n) is 4.89. The van der Waals surface area contributed by atoms with E-state index < -0.39 is 40.1 Å². The van der Waals surface area contributed by atoms with Crippen LogP contribution >= 0.6 is 0 Å². The Morgan fingerprint density at radius 1 is 1.13 bits per heavy atom.